The van der Waals surface area contributed by atoms with Gasteiger partial charge in [0.15, 0.2) is 0 Å². The van der Waals surface area contributed by atoms with Crippen LogP contribution in [0.15, 0.2) is 36.4 Å². The Morgan fingerprint density at radius 2 is 1.65 bits per heavy atom. The monoisotopic (exact) mass is 270 g/mol. The summed E-state index contributed by atoms with van der Waals surface area (Å²) in [5.74, 6) is 0.820. The molecule has 0 atom stereocenters. The van der Waals surface area contributed by atoms with Gasteiger partial charge in [-0.1, -0.05) is 62.8 Å². The van der Waals surface area contributed by atoms with Crippen LogP contribution in [-0.2, 0) is 6.42 Å². The quantitative estimate of drug-likeness (QED) is 0.650. The van der Waals surface area contributed by atoms with E-state index < -0.39 is 0 Å². The van der Waals surface area contributed by atoms with Gasteiger partial charge in [0.2, 0.25) is 0 Å². The third-order valence-corrected chi connectivity index (χ3v) is 4.67. The number of rotatable bonds is 4. The largest absolute Gasteiger partial charge is 0.207 e. The summed E-state index contributed by atoms with van der Waals surface area (Å²) < 4.78 is 13.1. The molecule has 0 spiro atoms. The fraction of sp³-hybridized carbons (Fsp3) is 0.474. The SMILES string of the molecule is Fc1ccc2cc(CCCC3CCCCC3)ccc2c1. The molecule has 1 aliphatic rings. The zero-order valence-corrected chi connectivity index (χ0v) is 12.1. The van der Waals surface area contributed by atoms with Gasteiger partial charge in [-0.3, -0.25) is 0 Å². The highest BCUT2D eigenvalue weighted by molar-refractivity contribution is 5.83. The van der Waals surface area contributed by atoms with Crippen LogP contribution in [-0.4, -0.2) is 0 Å². The smallest absolute Gasteiger partial charge is 0.123 e. The first kappa shape index (κ1) is 13.6. The normalized spacial score (nSPS) is 16.6. The molecule has 0 bridgehead atoms. The third kappa shape index (κ3) is 3.39. The highest BCUT2D eigenvalue weighted by atomic mass is 19.1. The lowest BCUT2D eigenvalue weighted by atomic mass is 9.85. The lowest BCUT2D eigenvalue weighted by molar-refractivity contribution is 0.332. The van der Waals surface area contributed by atoms with Gasteiger partial charge in [0.25, 0.3) is 0 Å². The summed E-state index contributed by atoms with van der Waals surface area (Å²) in [6.07, 6.45) is 11.0. The number of benzene rings is 2. The molecule has 1 heteroatoms. The molecule has 106 valence electrons. The molecule has 0 nitrogen and oxygen atoms in total. The minimum absolute atomic E-state index is 0.150. The number of aryl methyl sites for hydroxylation is 1. The molecule has 1 saturated carbocycles. The Kier molecular flexibility index (Phi) is 4.34. The molecule has 0 saturated heterocycles. The van der Waals surface area contributed by atoms with Crippen molar-refractivity contribution in [3.05, 3.63) is 47.8 Å². The van der Waals surface area contributed by atoms with Gasteiger partial charge in [0.1, 0.15) is 5.82 Å². The predicted octanol–water partition coefficient (Wildman–Crippen LogP) is 5.88. The zero-order chi connectivity index (χ0) is 13.8. The molecule has 2 aromatic rings. The van der Waals surface area contributed by atoms with Gasteiger partial charge < -0.3 is 0 Å². The van der Waals surface area contributed by atoms with Crippen LogP contribution in [0.25, 0.3) is 10.8 Å². The lowest BCUT2D eigenvalue weighted by Gasteiger charge is -2.21. The van der Waals surface area contributed by atoms with E-state index >= 15 is 0 Å². The Morgan fingerprint density at radius 3 is 2.50 bits per heavy atom. The molecular formula is C19H23F. The van der Waals surface area contributed by atoms with E-state index in [1.165, 1.54) is 50.5 Å². The summed E-state index contributed by atoms with van der Waals surface area (Å²) >= 11 is 0. The Balaban J connectivity index is 1.58. The fourth-order valence-corrected chi connectivity index (χ4v) is 3.49. The van der Waals surface area contributed by atoms with Crippen LogP contribution in [0.2, 0.25) is 0 Å². The fourth-order valence-electron chi connectivity index (χ4n) is 3.49. The van der Waals surface area contributed by atoms with E-state index in [0.717, 1.165) is 23.1 Å². The molecule has 0 radical (unpaired) electrons. The molecule has 0 heterocycles. The van der Waals surface area contributed by atoms with Crippen molar-refractivity contribution in [3.8, 4) is 0 Å². The van der Waals surface area contributed by atoms with Gasteiger partial charge in [0, 0.05) is 0 Å². The second-order valence-electron chi connectivity index (χ2n) is 6.22. The third-order valence-electron chi connectivity index (χ3n) is 4.67. The Bertz CT molecular complexity index is 567. The molecular weight excluding hydrogens is 247 g/mol. The van der Waals surface area contributed by atoms with Crippen molar-refractivity contribution >= 4 is 10.8 Å². The molecule has 1 fully saturated rings. The maximum Gasteiger partial charge on any atom is 0.123 e. The molecule has 2 aromatic carbocycles. The van der Waals surface area contributed by atoms with E-state index in [1.54, 1.807) is 12.1 Å². The van der Waals surface area contributed by atoms with Gasteiger partial charge in [-0.2, -0.15) is 0 Å². The molecule has 0 unspecified atom stereocenters. The van der Waals surface area contributed by atoms with Crippen molar-refractivity contribution in [2.75, 3.05) is 0 Å². The standard InChI is InChI=1S/C19H23F/c20-19-12-11-17-13-16(9-10-18(17)14-19)8-4-7-15-5-2-1-3-6-15/h9-15H,1-8H2. The van der Waals surface area contributed by atoms with E-state index in [0.29, 0.717) is 0 Å². The average molecular weight is 270 g/mol. The second kappa shape index (κ2) is 6.39. The van der Waals surface area contributed by atoms with Gasteiger partial charge in [-0.05, 0) is 47.2 Å². The summed E-state index contributed by atoms with van der Waals surface area (Å²) in [5, 5.41) is 2.16. The van der Waals surface area contributed by atoms with Crippen LogP contribution in [0.5, 0.6) is 0 Å². The Hall–Kier alpha value is -1.37. The molecule has 0 amide bonds. The summed E-state index contributed by atoms with van der Waals surface area (Å²) in [6.45, 7) is 0. The minimum Gasteiger partial charge on any atom is -0.207 e. The van der Waals surface area contributed by atoms with Gasteiger partial charge in [-0.25, -0.2) is 4.39 Å². The van der Waals surface area contributed by atoms with Crippen molar-refractivity contribution in [2.45, 2.75) is 51.4 Å². The molecule has 0 N–H and O–H groups in total. The molecule has 0 aliphatic heterocycles. The van der Waals surface area contributed by atoms with Gasteiger partial charge in [-0.15, -0.1) is 0 Å². The van der Waals surface area contributed by atoms with Gasteiger partial charge in [0.05, 0.1) is 0 Å². The Labute approximate surface area is 121 Å². The highest BCUT2D eigenvalue weighted by Gasteiger charge is 2.12. The van der Waals surface area contributed by atoms with Gasteiger partial charge >= 0.3 is 0 Å². The molecule has 20 heavy (non-hydrogen) atoms. The first-order valence-corrected chi connectivity index (χ1v) is 7.99. The summed E-state index contributed by atoms with van der Waals surface area (Å²) in [4.78, 5) is 0. The Morgan fingerprint density at radius 1 is 0.900 bits per heavy atom. The van der Waals surface area contributed by atoms with E-state index in [1.807, 2.05) is 12.1 Å². The van der Waals surface area contributed by atoms with Crippen LogP contribution in [0.1, 0.15) is 50.5 Å². The number of fused-ring (bicyclic) bond motifs is 1. The topological polar surface area (TPSA) is 0 Å². The average Bonchev–Trinajstić information content (AvgIpc) is 2.48. The van der Waals surface area contributed by atoms with Crippen molar-refractivity contribution in [3.63, 3.8) is 0 Å². The van der Waals surface area contributed by atoms with E-state index in [9.17, 15) is 4.39 Å². The molecule has 1 aliphatic carbocycles. The summed E-state index contributed by atoms with van der Waals surface area (Å²) in [7, 11) is 0. The second-order valence-corrected chi connectivity index (χ2v) is 6.22. The molecule has 0 aromatic heterocycles. The van der Waals surface area contributed by atoms with Crippen LogP contribution in [0.3, 0.4) is 0 Å². The summed E-state index contributed by atoms with van der Waals surface area (Å²) in [5.41, 5.74) is 1.39. The number of hydrogen-bond donors (Lipinski definition) is 0. The van der Waals surface area contributed by atoms with Crippen molar-refractivity contribution in [1.29, 1.82) is 0 Å². The van der Waals surface area contributed by atoms with Crippen molar-refractivity contribution in [1.82, 2.24) is 0 Å². The van der Waals surface area contributed by atoms with Crippen molar-refractivity contribution in [2.24, 2.45) is 5.92 Å². The van der Waals surface area contributed by atoms with Crippen molar-refractivity contribution < 1.29 is 4.39 Å². The summed E-state index contributed by atoms with van der Waals surface area (Å²) in [6, 6.07) is 11.5. The van der Waals surface area contributed by atoms with Crippen LogP contribution in [0, 0.1) is 11.7 Å². The van der Waals surface area contributed by atoms with E-state index in [-0.39, 0.29) is 5.82 Å². The minimum atomic E-state index is -0.150. The predicted molar refractivity (Wildman–Crippen MR) is 83.4 cm³/mol. The van der Waals surface area contributed by atoms with Crippen LogP contribution in [0.4, 0.5) is 4.39 Å². The first-order chi connectivity index (χ1) is 9.81. The van der Waals surface area contributed by atoms with Crippen LogP contribution >= 0.6 is 0 Å². The number of hydrogen-bond acceptors (Lipinski definition) is 0. The lowest BCUT2D eigenvalue weighted by Crippen LogP contribution is -2.06. The number of halogens is 1. The highest BCUT2D eigenvalue weighted by Crippen LogP contribution is 2.28. The molecule has 3 rings (SSSR count). The van der Waals surface area contributed by atoms with E-state index in [4.69, 9.17) is 0 Å². The zero-order valence-electron chi connectivity index (χ0n) is 12.1. The maximum absolute atomic E-state index is 13.1. The van der Waals surface area contributed by atoms with E-state index in [2.05, 4.69) is 12.1 Å². The maximum atomic E-state index is 13.1. The van der Waals surface area contributed by atoms with Crippen LogP contribution < -0.4 is 0 Å². The first-order valence-electron chi connectivity index (χ1n) is 7.99.